The first kappa shape index (κ1) is 38.8. The molecule has 0 saturated heterocycles. The third-order valence-corrected chi connectivity index (χ3v) is 12.7. The second-order valence-electron chi connectivity index (χ2n) is 10.2. The lowest BCUT2D eigenvalue weighted by molar-refractivity contribution is -0.145. The van der Waals surface area contributed by atoms with E-state index in [1.54, 1.807) is 6.92 Å². The van der Waals surface area contributed by atoms with Gasteiger partial charge in [0.05, 0.1) is 19.9 Å². The van der Waals surface area contributed by atoms with Gasteiger partial charge in [-0.05, 0) is 49.7 Å². The van der Waals surface area contributed by atoms with Crippen molar-refractivity contribution in [1.29, 1.82) is 0 Å². The van der Waals surface area contributed by atoms with Crippen LogP contribution >= 0.6 is 18.6 Å². The topological polar surface area (TPSA) is 137 Å². The SMILES string of the molecule is CCOC(=O)[C@@H](N)CCC(=O)N[C@@H](C[SH]=CCC[P+](c1ccccc1)(c1ccccc1)c1ccccc1)C(=O)NCC(=O)OC.[Br-]. The van der Waals surface area contributed by atoms with E-state index in [0.29, 0.717) is 5.75 Å². The van der Waals surface area contributed by atoms with Crippen LogP contribution in [0.3, 0.4) is 0 Å². The van der Waals surface area contributed by atoms with E-state index < -0.39 is 43.1 Å². The number of nitrogens with two attached hydrogens (primary N) is 1. The summed E-state index contributed by atoms with van der Waals surface area (Å²) < 4.78 is 9.52. The van der Waals surface area contributed by atoms with Gasteiger partial charge in [-0.15, -0.1) is 0 Å². The quantitative estimate of drug-likeness (QED) is 0.0611. The van der Waals surface area contributed by atoms with Gasteiger partial charge in [-0.1, -0.05) is 60.0 Å². The number of nitrogens with one attached hydrogen (secondary N) is 2. The standard InChI is InChI=1S/C34H42N3O6PS.BrH/c1-3-43-34(41)29(35)20-21-31(38)37-30(33(40)36-24-32(39)42-2)25-45-23-13-22-44(26-14-7-4-8-15-26,27-16-9-5-10-17-27)28-18-11-6-12-19-28;/h4-12,14-19,23,29-30,45H,3,13,20-22,24-25,35H2,1-2H3,(H-,36,37,38,40);1H/t29-,30-;/m0./s1. The fourth-order valence-electron chi connectivity index (χ4n) is 4.87. The summed E-state index contributed by atoms with van der Waals surface area (Å²) in [4.78, 5) is 49.1. The Morgan fingerprint density at radius 2 is 1.41 bits per heavy atom. The molecule has 0 radical (unpaired) electrons. The van der Waals surface area contributed by atoms with Gasteiger partial charge in [-0.25, -0.2) is 11.4 Å². The third-order valence-electron chi connectivity index (χ3n) is 7.16. The molecule has 0 unspecified atom stereocenters. The molecule has 4 N–H and O–H groups in total. The second kappa shape index (κ2) is 20.7. The van der Waals surface area contributed by atoms with Gasteiger partial charge in [-0.3, -0.25) is 19.2 Å². The molecule has 0 heterocycles. The Labute approximate surface area is 286 Å². The number of carbonyl (C=O) groups is 4. The molecular formula is C34H43BrN3O6PS. The number of amides is 2. The third kappa shape index (κ3) is 11.5. The molecule has 0 aliphatic heterocycles. The van der Waals surface area contributed by atoms with Crippen molar-refractivity contribution in [2.45, 2.75) is 38.3 Å². The van der Waals surface area contributed by atoms with Crippen molar-refractivity contribution in [3.8, 4) is 0 Å². The Bertz CT molecular complexity index is 1320. The van der Waals surface area contributed by atoms with E-state index in [-0.39, 0.29) is 43.0 Å². The van der Waals surface area contributed by atoms with Crippen LogP contribution in [0, 0.1) is 0 Å². The van der Waals surface area contributed by atoms with Gasteiger partial charge >= 0.3 is 11.9 Å². The molecule has 3 aromatic rings. The second-order valence-corrected chi connectivity index (χ2v) is 14.9. The minimum Gasteiger partial charge on any atom is -1.00 e. The van der Waals surface area contributed by atoms with E-state index in [0.717, 1.165) is 23.9 Å². The minimum absolute atomic E-state index is 0. The molecule has 3 aromatic carbocycles. The van der Waals surface area contributed by atoms with Crippen LogP contribution in [0.1, 0.15) is 26.2 Å². The minimum atomic E-state index is -2.00. The van der Waals surface area contributed by atoms with Gasteiger partial charge in [0, 0.05) is 18.6 Å². The van der Waals surface area contributed by atoms with E-state index in [4.69, 9.17) is 10.5 Å². The maximum atomic E-state index is 13.0. The van der Waals surface area contributed by atoms with Crippen LogP contribution < -0.4 is 49.3 Å². The van der Waals surface area contributed by atoms with Crippen LogP contribution in [0.5, 0.6) is 0 Å². The molecule has 2 amide bonds. The number of carbonyl (C=O) groups excluding carboxylic acids is 4. The summed E-state index contributed by atoms with van der Waals surface area (Å²) in [5, 5.41) is 11.3. The number of thiol groups is 1. The zero-order valence-corrected chi connectivity index (χ0v) is 29.5. The fraction of sp³-hybridized carbons (Fsp3) is 0.324. The van der Waals surface area contributed by atoms with E-state index in [2.05, 4.69) is 93.5 Å². The summed E-state index contributed by atoms with van der Waals surface area (Å²) in [7, 11) is -0.768. The monoisotopic (exact) mass is 731 g/mol. The van der Waals surface area contributed by atoms with Gasteiger partial charge in [0.1, 0.15) is 41.8 Å². The smallest absolute Gasteiger partial charge is 0.325 e. The Morgan fingerprint density at radius 1 is 0.891 bits per heavy atom. The first-order chi connectivity index (χ1) is 21.8. The van der Waals surface area contributed by atoms with Crippen LogP contribution in [0.25, 0.3) is 0 Å². The number of halogens is 1. The molecule has 248 valence electrons. The molecule has 2 atom stereocenters. The van der Waals surface area contributed by atoms with E-state index in [1.807, 2.05) is 18.2 Å². The molecule has 12 heteroatoms. The molecule has 9 nitrogen and oxygen atoms in total. The number of esters is 2. The molecule has 46 heavy (non-hydrogen) atoms. The maximum absolute atomic E-state index is 13.0. The Balaban J connectivity index is 0.00000736. The molecule has 0 aliphatic rings. The number of hydrogen-bond acceptors (Lipinski definition) is 7. The molecular weight excluding hydrogens is 689 g/mol. The lowest BCUT2D eigenvalue weighted by Gasteiger charge is -2.27. The molecule has 0 aliphatic carbocycles. The Hall–Kier alpha value is -3.37. The highest BCUT2D eigenvalue weighted by atomic mass is 79.9. The summed E-state index contributed by atoms with van der Waals surface area (Å²) in [6.45, 7) is 1.56. The average molecular weight is 733 g/mol. The maximum Gasteiger partial charge on any atom is 0.325 e. The van der Waals surface area contributed by atoms with Crippen molar-refractivity contribution in [1.82, 2.24) is 10.6 Å². The lowest BCUT2D eigenvalue weighted by Crippen LogP contribution is -3.00. The van der Waals surface area contributed by atoms with Crippen LogP contribution in [-0.2, 0) is 28.7 Å². The number of ether oxygens (including phenoxy) is 2. The van der Waals surface area contributed by atoms with Crippen molar-refractivity contribution < 1.29 is 45.6 Å². The highest BCUT2D eigenvalue weighted by molar-refractivity contribution is 7.98. The van der Waals surface area contributed by atoms with Gasteiger partial charge < -0.3 is 42.8 Å². The summed E-state index contributed by atoms with van der Waals surface area (Å²) in [5.41, 5.74) is 5.82. The predicted octanol–water partition coefficient (Wildman–Crippen LogP) is -0.913. The highest BCUT2D eigenvalue weighted by Crippen LogP contribution is 2.55. The predicted molar refractivity (Wildman–Crippen MR) is 185 cm³/mol. The van der Waals surface area contributed by atoms with E-state index in [9.17, 15) is 19.2 Å². The summed E-state index contributed by atoms with van der Waals surface area (Å²) in [6.07, 6.45) is 1.68. The summed E-state index contributed by atoms with van der Waals surface area (Å²) >= 11 is 0.847. The molecule has 0 aromatic heterocycles. The molecule has 0 spiro atoms. The number of hydrogen-bond donors (Lipinski definition) is 4. The Morgan fingerprint density at radius 3 is 1.89 bits per heavy atom. The van der Waals surface area contributed by atoms with Crippen LogP contribution in [-0.4, -0.2) is 73.4 Å². The van der Waals surface area contributed by atoms with Gasteiger partial charge in [0.15, 0.2) is 0 Å². The van der Waals surface area contributed by atoms with Gasteiger partial charge in [-0.2, -0.15) is 0 Å². The van der Waals surface area contributed by atoms with Crippen molar-refractivity contribution in [3.05, 3.63) is 91.0 Å². The zero-order valence-electron chi connectivity index (χ0n) is 26.1. The number of methoxy groups -OCH3 is 1. The normalized spacial score (nSPS) is 12.5. The van der Waals surface area contributed by atoms with Crippen molar-refractivity contribution in [2.75, 3.05) is 32.2 Å². The summed E-state index contributed by atoms with van der Waals surface area (Å²) in [6, 6.07) is 30.0. The highest BCUT2D eigenvalue weighted by Gasteiger charge is 2.44. The van der Waals surface area contributed by atoms with Crippen molar-refractivity contribution in [3.63, 3.8) is 0 Å². The van der Waals surface area contributed by atoms with Crippen LogP contribution in [0.15, 0.2) is 91.0 Å². The molecule has 3 rings (SSSR count). The number of benzene rings is 3. The Kier molecular flexibility index (Phi) is 17.5. The van der Waals surface area contributed by atoms with Gasteiger partial charge in [0.2, 0.25) is 11.8 Å². The van der Waals surface area contributed by atoms with Crippen molar-refractivity contribution in [2.24, 2.45) is 5.73 Å². The molecule has 0 bridgehead atoms. The van der Waals surface area contributed by atoms with Crippen molar-refractivity contribution >= 4 is 63.6 Å². The lowest BCUT2D eigenvalue weighted by atomic mass is 10.1. The van der Waals surface area contributed by atoms with E-state index in [1.165, 1.54) is 23.0 Å². The van der Waals surface area contributed by atoms with Crippen LogP contribution in [0.4, 0.5) is 0 Å². The zero-order chi connectivity index (χ0) is 32.5. The molecule has 0 saturated carbocycles. The first-order valence-electron chi connectivity index (χ1n) is 14.9. The first-order valence-corrected chi connectivity index (χ1v) is 18.0. The number of rotatable bonds is 17. The molecule has 0 fully saturated rings. The largest absolute Gasteiger partial charge is 1.00 e. The fourth-order valence-corrected chi connectivity index (χ4v) is 10.2. The average Bonchev–Trinajstić information content (AvgIpc) is 3.08. The summed E-state index contributed by atoms with van der Waals surface area (Å²) in [5.74, 6) is -1.79. The van der Waals surface area contributed by atoms with Gasteiger partial charge in [0.25, 0.3) is 0 Å². The van der Waals surface area contributed by atoms with Crippen LogP contribution in [0.2, 0.25) is 0 Å². The van der Waals surface area contributed by atoms with E-state index >= 15 is 0 Å².